The summed E-state index contributed by atoms with van der Waals surface area (Å²) in [7, 11) is 0. The minimum atomic E-state index is 0.476. The summed E-state index contributed by atoms with van der Waals surface area (Å²) in [6.07, 6.45) is 8.84. The highest BCUT2D eigenvalue weighted by molar-refractivity contribution is 5.18. The Hall–Kier alpha value is -2.63. The van der Waals surface area contributed by atoms with Gasteiger partial charge in [-0.15, -0.1) is 5.10 Å². The fourth-order valence-electron chi connectivity index (χ4n) is 2.61. The summed E-state index contributed by atoms with van der Waals surface area (Å²) in [5, 5.41) is 8.44. The van der Waals surface area contributed by atoms with E-state index in [-0.39, 0.29) is 0 Å². The van der Waals surface area contributed by atoms with E-state index >= 15 is 0 Å². The molecule has 2 heterocycles. The van der Waals surface area contributed by atoms with E-state index < -0.39 is 0 Å². The van der Waals surface area contributed by atoms with E-state index in [1.165, 1.54) is 5.56 Å². The predicted octanol–water partition coefficient (Wildman–Crippen LogP) is 2.39. The van der Waals surface area contributed by atoms with Gasteiger partial charge < -0.3 is 10.7 Å². The van der Waals surface area contributed by atoms with Crippen LogP contribution in [0.15, 0.2) is 42.7 Å². The summed E-state index contributed by atoms with van der Waals surface area (Å²) in [5.74, 6) is 0.476. The van der Waals surface area contributed by atoms with Gasteiger partial charge in [0.1, 0.15) is 0 Å². The van der Waals surface area contributed by atoms with Crippen LogP contribution in [0.25, 0.3) is 0 Å². The molecule has 0 bridgehead atoms. The van der Waals surface area contributed by atoms with Crippen molar-refractivity contribution in [2.75, 3.05) is 5.73 Å². The average molecular weight is 310 g/mol. The first-order valence-corrected chi connectivity index (χ1v) is 8.02. The van der Waals surface area contributed by atoms with Crippen LogP contribution < -0.4 is 5.73 Å². The molecule has 0 atom stereocenters. The van der Waals surface area contributed by atoms with Crippen LogP contribution in [0, 0.1) is 0 Å². The maximum atomic E-state index is 5.56. The zero-order valence-electron chi connectivity index (χ0n) is 13.2. The molecule has 0 spiro atoms. The molecule has 3 rings (SSSR count). The van der Waals surface area contributed by atoms with Crippen molar-refractivity contribution in [3.05, 3.63) is 59.7 Å². The quantitative estimate of drug-likeness (QED) is 0.669. The third-order valence-corrected chi connectivity index (χ3v) is 3.80. The Morgan fingerprint density at radius 1 is 1.00 bits per heavy atom. The number of nitrogen functional groups attached to an aromatic ring is 1. The molecule has 23 heavy (non-hydrogen) atoms. The van der Waals surface area contributed by atoms with E-state index in [0.29, 0.717) is 5.95 Å². The first kappa shape index (κ1) is 15.3. The third kappa shape index (κ3) is 4.67. The molecule has 0 aliphatic heterocycles. The predicted molar refractivity (Wildman–Crippen MR) is 89.8 cm³/mol. The van der Waals surface area contributed by atoms with Crippen molar-refractivity contribution in [1.29, 1.82) is 0 Å². The lowest BCUT2D eigenvalue weighted by Crippen LogP contribution is -2.00. The van der Waals surface area contributed by atoms with Gasteiger partial charge in [-0.2, -0.15) is 0 Å². The zero-order valence-corrected chi connectivity index (χ0v) is 13.2. The van der Waals surface area contributed by atoms with Crippen molar-refractivity contribution in [3.63, 3.8) is 0 Å². The molecule has 6 nitrogen and oxygen atoms in total. The fourth-order valence-corrected chi connectivity index (χ4v) is 2.61. The van der Waals surface area contributed by atoms with Gasteiger partial charge in [0.15, 0.2) is 5.95 Å². The number of hydrogen-bond acceptors (Lipinski definition) is 4. The summed E-state index contributed by atoms with van der Waals surface area (Å²) < 4.78 is 1.94. The Morgan fingerprint density at radius 2 is 1.83 bits per heavy atom. The monoisotopic (exact) mass is 310 g/mol. The molecule has 0 aliphatic carbocycles. The summed E-state index contributed by atoms with van der Waals surface area (Å²) >= 11 is 0. The van der Waals surface area contributed by atoms with Crippen molar-refractivity contribution in [2.45, 2.75) is 38.6 Å². The molecule has 0 aliphatic rings. The maximum Gasteiger partial charge on any atom is 0.197 e. The number of benzene rings is 1. The second kappa shape index (κ2) is 7.58. The fraction of sp³-hybridized carbons (Fsp3) is 0.353. The van der Waals surface area contributed by atoms with Gasteiger partial charge in [0.2, 0.25) is 0 Å². The van der Waals surface area contributed by atoms with Gasteiger partial charge in [0, 0.05) is 18.9 Å². The Balaban J connectivity index is 1.39. The Kier molecular flexibility index (Phi) is 5.03. The Morgan fingerprint density at radius 3 is 2.61 bits per heavy atom. The van der Waals surface area contributed by atoms with Gasteiger partial charge in [0.05, 0.1) is 11.4 Å². The molecule has 0 unspecified atom stereocenters. The molecular formula is C17H22N6. The molecule has 3 aromatic rings. The number of nitrogens with one attached hydrogen (secondary N) is 1. The number of aromatic nitrogens is 5. The summed E-state index contributed by atoms with van der Waals surface area (Å²) in [4.78, 5) is 7.09. The number of hydrogen-bond donors (Lipinski definition) is 2. The molecule has 1 aromatic carbocycles. The largest absolute Gasteiger partial charge is 0.369 e. The van der Waals surface area contributed by atoms with E-state index in [9.17, 15) is 0 Å². The molecule has 0 amide bonds. The first-order chi connectivity index (χ1) is 11.3. The van der Waals surface area contributed by atoms with Gasteiger partial charge in [0.25, 0.3) is 0 Å². The summed E-state index contributed by atoms with van der Waals surface area (Å²) in [6.45, 7) is 0.901. The molecule has 0 saturated carbocycles. The van der Waals surface area contributed by atoms with Crippen LogP contribution in [0.3, 0.4) is 0 Å². The van der Waals surface area contributed by atoms with Crippen LogP contribution in [-0.2, 0) is 25.8 Å². The first-order valence-electron chi connectivity index (χ1n) is 8.02. The van der Waals surface area contributed by atoms with Crippen molar-refractivity contribution >= 4 is 5.95 Å². The van der Waals surface area contributed by atoms with Gasteiger partial charge >= 0.3 is 0 Å². The number of aryl methyl sites for hydroxylation is 4. The number of rotatable bonds is 8. The van der Waals surface area contributed by atoms with Crippen LogP contribution in [0.1, 0.15) is 29.8 Å². The Labute approximate surface area is 135 Å². The molecule has 3 N–H and O–H groups in total. The van der Waals surface area contributed by atoms with Crippen molar-refractivity contribution in [2.24, 2.45) is 0 Å². The highest BCUT2D eigenvalue weighted by atomic mass is 15.4. The van der Waals surface area contributed by atoms with E-state index in [2.05, 4.69) is 44.5 Å². The normalized spacial score (nSPS) is 11.0. The number of aromatic amines is 1. The van der Waals surface area contributed by atoms with E-state index in [4.69, 9.17) is 5.73 Å². The molecule has 0 saturated heterocycles. The molecule has 2 aromatic heterocycles. The van der Waals surface area contributed by atoms with Crippen LogP contribution in [0.4, 0.5) is 5.95 Å². The highest BCUT2D eigenvalue weighted by Gasteiger charge is 2.03. The lowest BCUT2D eigenvalue weighted by molar-refractivity contribution is 0.558. The molecular weight excluding hydrogens is 288 g/mol. The second-order valence-electron chi connectivity index (χ2n) is 5.69. The Bertz CT molecular complexity index is 716. The molecule has 0 radical (unpaired) electrons. The SMILES string of the molecule is Nc1nc(CCCc2cn(CCCc3ccccc3)nn2)c[nH]1. The summed E-state index contributed by atoms with van der Waals surface area (Å²) in [5.41, 5.74) is 8.96. The third-order valence-electron chi connectivity index (χ3n) is 3.80. The number of imidazole rings is 1. The van der Waals surface area contributed by atoms with Crippen molar-refractivity contribution in [3.8, 4) is 0 Å². The number of anilines is 1. The molecule has 0 fully saturated rings. The van der Waals surface area contributed by atoms with E-state index in [0.717, 1.165) is 50.0 Å². The minimum absolute atomic E-state index is 0.476. The number of H-pyrrole nitrogens is 1. The van der Waals surface area contributed by atoms with Gasteiger partial charge in [-0.3, -0.25) is 4.68 Å². The minimum Gasteiger partial charge on any atom is -0.369 e. The zero-order chi connectivity index (χ0) is 15.9. The van der Waals surface area contributed by atoms with Gasteiger partial charge in [-0.1, -0.05) is 35.5 Å². The van der Waals surface area contributed by atoms with Gasteiger partial charge in [-0.25, -0.2) is 4.98 Å². The number of nitrogens with two attached hydrogens (primary N) is 1. The van der Waals surface area contributed by atoms with Crippen LogP contribution >= 0.6 is 0 Å². The van der Waals surface area contributed by atoms with Crippen LogP contribution in [-0.4, -0.2) is 25.0 Å². The molecule has 120 valence electrons. The standard InChI is InChI=1S/C17H22N6/c18-17-19-12-15(20-17)9-4-10-16-13-23(22-21-16)11-5-8-14-6-2-1-3-7-14/h1-3,6-7,12-13H,4-5,8-11H2,(H3,18,19,20). The lowest BCUT2D eigenvalue weighted by Gasteiger charge is -2.01. The summed E-state index contributed by atoms with van der Waals surface area (Å²) in [6, 6.07) is 10.5. The van der Waals surface area contributed by atoms with Crippen LogP contribution in [0.5, 0.6) is 0 Å². The smallest absolute Gasteiger partial charge is 0.197 e. The van der Waals surface area contributed by atoms with Crippen molar-refractivity contribution in [1.82, 2.24) is 25.0 Å². The van der Waals surface area contributed by atoms with Gasteiger partial charge in [-0.05, 0) is 37.7 Å². The van der Waals surface area contributed by atoms with E-state index in [1.54, 1.807) is 0 Å². The van der Waals surface area contributed by atoms with E-state index in [1.807, 2.05) is 23.1 Å². The lowest BCUT2D eigenvalue weighted by atomic mass is 10.1. The van der Waals surface area contributed by atoms with Crippen LogP contribution in [0.2, 0.25) is 0 Å². The maximum absolute atomic E-state index is 5.56. The highest BCUT2D eigenvalue weighted by Crippen LogP contribution is 2.07. The second-order valence-corrected chi connectivity index (χ2v) is 5.69. The molecule has 6 heteroatoms. The average Bonchev–Trinajstić information content (AvgIpc) is 3.18. The van der Waals surface area contributed by atoms with Crippen molar-refractivity contribution < 1.29 is 0 Å². The number of nitrogens with zero attached hydrogens (tertiary/aromatic N) is 4. The topological polar surface area (TPSA) is 85.4 Å².